The molecule has 0 saturated heterocycles. The van der Waals surface area contributed by atoms with Crippen LogP contribution in [0.15, 0.2) is 18.2 Å². The van der Waals surface area contributed by atoms with Crippen molar-refractivity contribution in [1.29, 1.82) is 0 Å². The van der Waals surface area contributed by atoms with Crippen LogP contribution in [0.5, 0.6) is 11.5 Å². The number of halogens is 1. The minimum atomic E-state index is -0.139. The normalized spacial score (nSPS) is 13.8. The lowest BCUT2D eigenvalue weighted by molar-refractivity contribution is -0.118. The van der Waals surface area contributed by atoms with Gasteiger partial charge < -0.3 is 14.8 Å². The monoisotopic (exact) mass is 271 g/mol. The molecular weight excluding hydrogens is 262 g/mol. The Balaban J connectivity index is 2.17. The van der Waals surface area contributed by atoms with Crippen molar-refractivity contribution < 1.29 is 14.3 Å². The number of amides is 1. The van der Waals surface area contributed by atoms with Crippen molar-refractivity contribution in [3.05, 3.63) is 18.2 Å². The Morgan fingerprint density at radius 3 is 3.20 bits per heavy atom. The number of ether oxygens (including phenoxy) is 2. The highest BCUT2D eigenvalue weighted by atomic mass is 79.9. The lowest BCUT2D eigenvalue weighted by Crippen LogP contribution is -2.25. The maximum atomic E-state index is 11.1. The quantitative estimate of drug-likeness (QED) is 0.853. The third-order valence-corrected chi connectivity index (χ3v) is 2.25. The Hall–Kier alpha value is -1.23. The average molecular weight is 272 g/mol. The molecule has 0 fully saturated rings. The predicted octanol–water partition coefficient (Wildman–Crippen LogP) is 1.79. The first-order valence-electron chi connectivity index (χ1n) is 4.55. The van der Waals surface area contributed by atoms with Gasteiger partial charge in [-0.25, -0.2) is 0 Å². The zero-order valence-electron chi connectivity index (χ0n) is 7.96. The molecule has 0 atom stereocenters. The van der Waals surface area contributed by atoms with E-state index in [1.807, 2.05) is 6.07 Å². The van der Waals surface area contributed by atoms with Gasteiger partial charge >= 0.3 is 0 Å². The van der Waals surface area contributed by atoms with Crippen molar-refractivity contribution in [3.8, 4) is 11.5 Å². The molecule has 0 aliphatic carbocycles. The molecule has 1 N–H and O–H groups in total. The summed E-state index contributed by atoms with van der Waals surface area (Å²) in [5.74, 6) is 1.26. The number of carbonyl (C=O) groups is 1. The lowest BCUT2D eigenvalue weighted by Gasteiger charge is -2.18. The Morgan fingerprint density at radius 2 is 2.40 bits per heavy atom. The molecule has 0 unspecified atom stereocenters. The van der Waals surface area contributed by atoms with Crippen molar-refractivity contribution in [1.82, 2.24) is 0 Å². The fourth-order valence-corrected chi connectivity index (χ4v) is 1.47. The molecule has 1 amide bonds. The zero-order valence-corrected chi connectivity index (χ0v) is 9.54. The molecule has 0 aromatic heterocycles. The van der Waals surface area contributed by atoms with Crippen LogP contribution in [0.1, 0.15) is 0 Å². The average Bonchev–Trinajstić information content (AvgIpc) is 2.25. The number of carbonyl (C=O) groups excluding carboxylic acids is 1. The number of nitrogens with one attached hydrogen (secondary N) is 1. The molecule has 5 heteroatoms. The first-order valence-corrected chi connectivity index (χ1v) is 5.67. The summed E-state index contributed by atoms with van der Waals surface area (Å²) in [7, 11) is 0. The van der Waals surface area contributed by atoms with E-state index in [1.54, 1.807) is 12.1 Å². The van der Waals surface area contributed by atoms with Crippen LogP contribution in [-0.2, 0) is 4.79 Å². The van der Waals surface area contributed by atoms with Crippen LogP contribution in [-0.4, -0.2) is 24.5 Å². The number of hydrogen-bond acceptors (Lipinski definition) is 3. The maximum Gasteiger partial charge on any atom is 0.262 e. The molecule has 1 aromatic rings. The number of benzene rings is 1. The smallest absolute Gasteiger partial charge is 0.262 e. The Labute approximate surface area is 95.7 Å². The molecule has 1 heterocycles. The Morgan fingerprint density at radius 1 is 1.53 bits per heavy atom. The van der Waals surface area contributed by atoms with Gasteiger partial charge in [0.25, 0.3) is 5.91 Å². The fourth-order valence-electron chi connectivity index (χ4n) is 1.31. The minimum Gasteiger partial charge on any atom is -0.493 e. The summed E-state index contributed by atoms with van der Waals surface area (Å²) in [4.78, 5) is 11.1. The van der Waals surface area contributed by atoms with Crippen LogP contribution in [0.2, 0.25) is 0 Å². The number of rotatable bonds is 3. The SMILES string of the molecule is O=C1COc2ccc(OCCBr)cc2N1. The molecule has 0 bridgehead atoms. The van der Waals surface area contributed by atoms with E-state index in [4.69, 9.17) is 9.47 Å². The summed E-state index contributed by atoms with van der Waals surface area (Å²) < 4.78 is 10.6. The molecule has 0 radical (unpaired) electrons. The van der Waals surface area contributed by atoms with E-state index in [0.717, 1.165) is 11.1 Å². The lowest BCUT2D eigenvalue weighted by atomic mass is 10.2. The minimum absolute atomic E-state index is 0.0780. The van der Waals surface area contributed by atoms with Gasteiger partial charge in [-0.05, 0) is 12.1 Å². The third-order valence-electron chi connectivity index (χ3n) is 1.93. The predicted molar refractivity (Wildman–Crippen MR) is 59.9 cm³/mol. The molecule has 0 saturated carbocycles. The van der Waals surface area contributed by atoms with Crippen molar-refractivity contribution in [2.75, 3.05) is 23.9 Å². The van der Waals surface area contributed by atoms with Crippen molar-refractivity contribution in [2.45, 2.75) is 0 Å². The second-order valence-corrected chi connectivity index (χ2v) is 3.83. The number of hydrogen-bond donors (Lipinski definition) is 1. The van der Waals surface area contributed by atoms with Crippen LogP contribution in [0.4, 0.5) is 5.69 Å². The van der Waals surface area contributed by atoms with Crippen LogP contribution >= 0.6 is 15.9 Å². The zero-order chi connectivity index (χ0) is 10.7. The van der Waals surface area contributed by atoms with Crippen molar-refractivity contribution in [3.63, 3.8) is 0 Å². The molecule has 1 aromatic carbocycles. The summed E-state index contributed by atoms with van der Waals surface area (Å²) in [5.41, 5.74) is 0.665. The summed E-state index contributed by atoms with van der Waals surface area (Å²) in [6.07, 6.45) is 0. The third kappa shape index (κ3) is 2.41. The highest BCUT2D eigenvalue weighted by Gasteiger charge is 2.15. The van der Waals surface area contributed by atoms with Crippen molar-refractivity contribution in [2.24, 2.45) is 0 Å². The molecule has 2 rings (SSSR count). The molecule has 15 heavy (non-hydrogen) atoms. The van der Waals surface area contributed by atoms with E-state index in [-0.39, 0.29) is 12.5 Å². The van der Waals surface area contributed by atoms with E-state index < -0.39 is 0 Å². The van der Waals surface area contributed by atoms with Gasteiger partial charge in [0.05, 0.1) is 12.3 Å². The molecule has 0 spiro atoms. The van der Waals surface area contributed by atoms with E-state index in [1.165, 1.54) is 0 Å². The first-order chi connectivity index (χ1) is 7.29. The van der Waals surface area contributed by atoms with Gasteiger partial charge in [-0.1, -0.05) is 15.9 Å². The summed E-state index contributed by atoms with van der Waals surface area (Å²) >= 11 is 3.27. The Kier molecular flexibility index (Phi) is 3.11. The van der Waals surface area contributed by atoms with Gasteiger partial charge in [0.15, 0.2) is 6.61 Å². The topological polar surface area (TPSA) is 47.6 Å². The molecule has 80 valence electrons. The molecule has 4 nitrogen and oxygen atoms in total. The van der Waals surface area contributed by atoms with Gasteiger partial charge in [-0.3, -0.25) is 4.79 Å². The van der Waals surface area contributed by atoms with Gasteiger partial charge in [0.1, 0.15) is 11.5 Å². The van der Waals surface area contributed by atoms with Gasteiger partial charge in [-0.15, -0.1) is 0 Å². The van der Waals surface area contributed by atoms with Gasteiger partial charge in [0.2, 0.25) is 0 Å². The molecule has 1 aliphatic heterocycles. The Bertz CT molecular complexity index is 381. The van der Waals surface area contributed by atoms with Crippen LogP contribution in [0.25, 0.3) is 0 Å². The van der Waals surface area contributed by atoms with Crippen LogP contribution in [0, 0.1) is 0 Å². The molecular formula is C10H10BrNO3. The van der Waals surface area contributed by atoms with Gasteiger partial charge in [-0.2, -0.15) is 0 Å². The van der Waals surface area contributed by atoms with E-state index in [0.29, 0.717) is 18.0 Å². The highest BCUT2D eigenvalue weighted by Crippen LogP contribution is 2.31. The van der Waals surface area contributed by atoms with E-state index >= 15 is 0 Å². The van der Waals surface area contributed by atoms with Crippen LogP contribution in [0.3, 0.4) is 0 Å². The van der Waals surface area contributed by atoms with Gasteiger partial charge in [0, 0.05) is 11.4 Å². The standard InChI is InChI=1S/C10H10BrNO3/c11-3-4-14-7-1-2-9-8(5-7)12-10(13)6-15-9/h1-2,5H,3-4,6H2,(H,12,13). The van der Waals surface area contributed by atoms with Crippen molar-refractivity contribution >= 4 is 27.5 Å². The largest absolute Gasteiger partial charge is 0.493 e. The highest BCUT2D eigenvalue weighted by molar-refractivity contribution is 9.09. The van der Waals surface area contributed by atoms with E-state index in [9.17, 15) is 4.79 Å². The maximum absolute atomic E-state index is 11.1. The fraction of sp³-hybridized carbons (Fsp3) is 0.300. The molecule has 1 aliphatic rings. The van der Waals surface area contributed by atoms with Crippen LogP contribution < -0.4 is 14.8 Å². The second-order valence-electron chi connectivity index (χ2n) is 3.03. The number of alkyl halides is 1. The summed E-state index contributed by atoms with van der Waals surface area (Å²) in [6, 6.07) is 5.37. The summed E-state index contributed by atoms with van der Waals surface area (Å²) in [5, 5.41) is 3.49. The second kappa shape index (κ2) is 4.53. The first kappa shape index (κ1) is 10.3. The number of anilines is 1. The summed E-state index contributed by atoms with van der Waals surface area (Å²) in [6.45, 7) is 0.669. The van der Waals surface area contributed by atoms with E-state index in [2.05, 4.69) is 21.2 Å². The number of fused-ring (bicyclic) bond motifs is 1.